The van der Waals surface area contributed by atoms with Gasteiger partial charge < -0.3 is 48.6 Å². The molecule has 5 fully saturated rings. The molecule has 7 aromatic rings. The van der Waals surface area contributed by atoms with Gasteiger partial charge >= 0.3 is 12.1 Å². The minimum absolute atomic E-state index is 0.0159. The molecule has 3 amide bonds. The summed E-state index contributed by atoms with van der Waals surface area (Å²) in [5.74, 6) is 0.316. The molecule has 12 rings (SSSR count). The fourth-order valence-corrected chi connectivity index (χ4v) is 14.6. The second-order valence-electron chi connectivity index (χ2n) is 26.4. The standard InChI is InChI=1S/C67H83FN12O9S/c1-11-42-13-12-14-45-23-50(87-37-85-10)25-51(57(42)45)59-58(68)60-52(27-69-59)62(78-32-46-19-20-47(33-78)80(46)66(84)88-67(6,7)8)73-65(72-60)86-35-48-31-76(22-21-75(48)9)28-41-29-77(30-41)55-26-54(89-74-55)56(38(2)3)64(83)79-34-49(81)24-53(79)63(82)71-39(4)43-15-17-44(18-16-43)61-40(5)70-36-90-61/h12-18,23,25-27,36,38-39,41,46-49,53,56,81H,11,19-22,24,28-35,37H2,1-10H3,(H,71,82)/t39-,46?,47?,48-,49+,53-,56+/m0/s1. The molecule has 5 aliphatic heterocycles. The number of hydrogen-bond donors (Lipinski definition) is 2. The highest BCUT2D eigenvalue weighted by molar-refractivity contribution is 7.13. The van der Waals surface area contributed by atoms with E-state index < -0.39 is 29.5 Å². The van der Waals surface area contributed by atoms with Gasteiger partial charge in [-0.3, -0.25) is 29.3 Å². The number of pyridine rings is 1. The molecule has 9 heterocycles. The molecule has 478 valence electrons. The maximum Gasteiger partial charge on any atom is 0.410 e. The molecule has 4 aromatic heterocycles. The van der Waals surface area contributed by atoms with Crippen molar-refractivity contribution in [1.82, 2.24) is 50.0 Å². The lowest BCUT2D eigenvalue weighted by molar-refractivity contribution is -0.141. The Morgan fingerprint density at radius 3 is 2.39 bits per heavy atom. The Bertz CT molecular complexity index is 3750. The molecule has 0 saturated carbocycles. The number of nitrogens with zero attached hydrogens (tertiary/aromatic N) is 11. The van der Waals surface area contributed by atoms with Crippen LogP contribution in [0.25, 0.3) is 43.4 Å². The molecule has 23 heteroatoms. The van der Waals surface area contributed by atoms with Gasteiger partial charge in [0.2, 0.25) is 11.8 Å². The zero-order valence-corrected chi connectivity index (χ0v) is 54.0. The highest BCUT2D eigenvalue weighted by atomic mass is 32.1. The number of aliphatic hydroxyl groups is 1. The smallest absolute Gasteiger partial charge is 0.410 e. The van der Waals surface area contributed by atoms with E-state index in [2.05, 4.69) is 49.0 Å². The number of fused-ring (bicyclic) bond motifs is 4. The number of aryl methyl sites for hydroxylation is 2. The number of thiazole rings is 1. The molecule has 5 aliphatic rings. The Labute approximate surface area is 528 Å². The minimum Gasteiger partial charge on any atom is -0.468 e. The number of likely N-dealkylation sites (N-methyl/N-ethyl adjacent to an activating group) is 1. The second kappa shape index (κ2) is 26.0. The molecule has 5 saturated heterocycles. The minimum atomic E-state index is -0.847. The molecule has 2 N–H and O–H groups in total. The number of piperazine rings is 2. The summed E-state index contributed by atoms with van der Waals surface area (Å²) >= 11 is 1.59. The van der Waals surface area contributed by atoms with E-state index in [1.165, 1.54) is 4.90 Å². The first-order chi connectivity index (χ1) is 43.2. The van der Waals surface area contributed by atoms with E-state index in [1.807, 2.05) is 120 Å². The summed E-state index contributed by atoms with van der Waals surface area (Å²) in [5.41, 5.74) is 5.95. The Morgan fingerprint density at radius 1 is 0.922 bits per heavy atom. The Balaban J connectivity index is 0.716. The number of β-amino-alcohol motifs (C(OH)–C–C–N with tert-alkyl or cyclic N) is 1. The van der Waals surface area contributed by atoms with Crippen molar-refractivity contribution in [3.05, 3.63) is 101 Å². The number of amides is 3. The number of rotatable bonds is 19. The van der Waals surface area contributed by atoms with Crippen LogP contribution in [0.2, 0.25) is 0 Å². The van der Waals surface area contributed by atoms with Crippen LogP contribution in [-0.4, -0.2) is 190 Å². The SMILES string of the molecule is CCc1cccc2cc(OCOC)cc(-c3ncc4c(N5CC6CCC(C5)N6C(=O)OC(C)(C)C)nc(OC[C@@H]5CN(CC6CN(c7cc([C@H](C(=O)N8C[C@H](O)C[C@H]8C(=O)N[C@@H](C)c8ccc(-c9scnc9C)cc8)C(C)C)on7)C6)CCN5C)nc4c3F)c12. The van der Waals surface area contributed by atoms with Gasteiger partial charge in [0, 0.05) is 96.2 Å². The molecule has 7 atom stereocenters. The zero-order valence-electron chi connectivity index (χ0n) is 53.1. The van der Waals surface area contributed by atoms with Crippen molar-refractivity contribution in [3.63, 3.8) is 0 Å². The highest BCUT2D eigenvalue weighted by Crippen LogP contribution is 2.42. The van der Waals surface area contributed by atoms with E-state index in [1.54, 1.807) is 24.6 Å². The maximum absolute atomic E-state index is 17.8. The van der Waals surface area contributed by atoms with Crippen LogP contribution in [0.15, 0.2) is 76.9 Å². The fourth-order valence-electron chi connectivity index (χ4n) is 13.8. The number of methoxy groups -OCH3 is 1. The van der Waals surface area contributed by atoms with Gasteiger partial charge in [-0.15, -0.1) is 11.3 Å². The van der Waals surface area contributed by atoms with E-state index in [-0.39, 0.29) is 91.6 Å². The third kappa shape index (κ3) is 12.9. The zero-order chi connectivity index (χ0) is 63.3. The number of aliphatic hydroxyl groups excluding tert-OH is 1. The summed E-state index contributed by atoms with van der Waals surface area (Å²) in [4.78, 5) is 74.7. The number of carbonyl (C=O) groups excluding carboxylic acids is 3. The molecule has 3 aromatic carbocycles. The van der Waals surface area contributed by atoms with Gasteiger partial charge in [-0.1, -0.05) is 68.4 Å². The van der Waals surface area contributed by atoms with Crippen LogP contribution in [0.1, 0.15) is 102 Å². The number of nitrogens with one attached hydrogen (secondary N) is 1. The van der Waals surface area contributed by atoms with Gasteiger partial charge in [0.05, 0.1) is 51.7 Å². The van der Waals surface area contributed by atoms with Crippen LogP contribution in [0.4, 0.5) is 20.8 Å². The van der Waals surface area contributed by atoms with Crippen LogP contribution in [0.5, 0.6) is 11.8 Å². The van der Waals surface area contributed by atoms with Crippen molar-refractivity contribution < 1.29 is 47.4 Å². The molecular formula is C67H83FN12O9S. The lowest BCUT2D eigenvalue weighted by Gasteiger charge is -2.45. The van der Waals surface area contributed by atoms with Crippen molar-refractivity contribution >= 4 is 62.6 Å². The Morgan fingerprint density at radius 2 is 1.69 bits per heavy atom. The molecule has 0 radical (unpaired) electrons. The van der Waals surface area contributed by atoms with E-state index in [0.717, 1.165) is 90.1 Å². The first kappa shape index (κ1) is 62.6. The number of halogens is 1. The van der Waals surface area contributed by atoms with Crippen LogP contribution >= 0.6 is 11.3 Å². The molecule has 0 aliphatic carbocycles. The number of benzene rings is 3. The molecule has 21 nitrogen and oxygen atoms in total. The summed E-state index contributed by atoms with van der Waals surface area (Å²) in [7, 11) is 3.64. The summed E-state index contributed by atoms with van der Waals surface area (Å²) in [6, 6.07) is 18.2. The van der Waals surface area contributed by atoms with Gasteiger partial charge in [0.1, 0.15) is 46.9 Å². The number of carbonyl (C=O) groups is 3. The van der Waals surface area contributed by atoms with Crippen LogP contribution in [0.3, 0.4) is 0 Å². The van der Waals surface area contributed by atoms with Gasteiger partial charge in [-0.05, 0) is 106 Å². The number of aromatic nitrogens is 5. The number of hydrogen-bond acceptors (Lipinski definition) is 19. The van der Waals surface area contributed by atoms with E-state index >= 15 is 4.39 Å². The monoisotopic (exact) mass is 1250 g/mol. The van der Waals surface area contributed by atoms with Gasteiger partial charge in [-0.2, -0.15) is 9.97 Å². The lowest BCUT2D eigenvalue weighted by Crippen LogP contribution is -2.58. The number of ether oxygens (including phenoxy) is 4. The predicted molar refractivity (Wildman–Crippen MR) is 342 cm³/mol. The fraction of sp³-hybridized carbons (Fsp3) is 0.522. The molecule has 90 heavy (non-hydrogen) atoms. The van der Waals surface area contributed by atoms with Crippen molar-refractivity contribution in [1.29, 1.82) is 0 Å². The Hall–Kier alpha value is -7.57. The van der Waals surface area contributed by atoms with E-state index in [0.29, 0.717) is 59.5 Å². The third-order valence-electron chi connectivity index (χ3n) is 18.5. The van der Waals surface area contributed by atoms with E-state index in [4.69, 9.17) is 38.4 Å². The molecule has 0 spiro atoms. The molecular weight excluding hydrogens is 1170 g/mol. The first-order valence-corrected chi connectivity index (χ1v) is 32.5. The Kier molecular flexibility index (Phi) is 18.1. The summed E-state index contributed by atoms with van der Waals surface area (Å²) in [6.07, 6.45) is 2.93. The largest absolute Gasteiger partial charge is 0.468 e. The second-order valence-corrected chi connectivity index (χ2v) is 27.2. The lowest BCUT2D eigenvalue weighted by atomic mass is 9.91. The average Bonchev–Trinajstić information content (AvgIpc) is 0.970. The average molecular weight is 1250 g/mol. The molecule has 2 bridgehead atoms. The van der Waals surface area contributed by atoms with Crippen molar-refractivity contribution in [2.24, 2.45) is 11.8 Å². The normalized spacial score (nSPS) is 21.5. The van der Waals surface area contributed by atoms with Gasteiger partial charge in [0.15, 0.2) is 24.2 Å². The van der Waals surface area contributed by atoms with Crippen LogP contribution in [-0.2, 0) is 25.5 Å². The molecule has 2 unspecified atom stereocenters. The van der Waals surface area contributed by atoms with Gasteiger partial charge in [0.25, 0.3) is 0 Å². The third-order valence-corrected chi connectivity index (χ3v) is 19.5. The first-order valence-electron chi connectivity index (χ1n) is 31.6. The summed E-state index contributed by atoms with van der Waals surface area (Å²) in [6.45, 7) is 21.4. The van der Waals surface area contributed by atoms with Crippen molar-refractivity contribution in [3.8, 4) is 33.5 Å². The van der Waals surface area contributed by atoms with Crippen molar-refractivity contribution in [2.45, 2.75) is 129 Å². The predicted octanol–water partition coefficient (Wildman–Crippen LogP) is 9.25. The van der Waals surface area contributed by atoms with Crippen molar-refractivity contribution in [2.75, 3.05) is 96.3 Å². The van der Waals surface area contributed by atoms with E-state index in [9.17, 15) is 19.5 Å². The summed E-state index contributed by atoms with van der Waals surface area (Å²) in [5, 5.41) is 20.6. The van der Waals surface area contributed by atoms with Crippen LogP contribution in [0, 0.1) is 24.6 Å². The maximum atomic E-state index is 17.8. The number of anilines is 2. The topological polar surface area (TPSA) is 217 Å². The quantitative estimate of drug-likeness (QED) is 0.0721. The van der Waals surface area contributed by atoms with Crippen LogP contribution < -0.4 is 24.6 Å². The van der Waals surface area contributed by atoms with Gasteiger partial charge in [-0.25, -0.2) is 14.2 Å². The summed E-state index contributed by atoms with van der Waals surface area (Å²) < 4.78 is 47.5. The number of likely N-dealkylation sites (tertiary alicyclic amines) is 1. The highest BCUT2D eigenvalue weighted by Gasteiger charge is 2.47.